The summed E-state index contributed by atoms with van der Waals surface area (Å²) in [4.78, 5) is 23.9. The third-order valence-electron chi connectivity index (χ3n) is 6.26. The van der Waals surface area contributed by atoms with Crippen molar-refractivity contribution in [2.45, 2.75) is 58.4 Å². The van der Waals surface area contributed by atoms with Gasteiger partial charge in [-0.2, -0.15) is 4.31 Å². The second-order valence-electron chi connectivity index (χ2n) is 8.30. The predicted octanol–water partition coefficient (Wildman–Crippen LogP) is 3.18. The monoisotopic (exact) mass is 442 g/mol. The van der Waals surface area contributed by atoms with Gasteiger partial charge in [-0.25, -0.2) is 18.4 Å². The first kappa shape index (κ1) is 21.9. The number of aromatic nitrogens is 2. The molecule has 31 heavy (non-hydrogen) atoms. The fourth-order valence-corrected chi connectivity index (χ4v) is 5.85. The number of fused-ring (bicyclic) bond motifs is 1. The summed E-state index contributed by atoms with van der Waals surface area (Å²) >= 11 is 0. The molecule has 0 spiro atoms. The lowest BCUT2D eigenvalue weighted by Crippen LogP contribution is -2.40. The lowest BCUT2D eigenvalue weighted by molar-refractivity contribution is -0.117. The van der Waals surface area contributed by atoms with E-state index < -0.39 is 10.0 Å². The van der Waals surface area contributed by atoms with E-state index in [1.165, 1.54) is 5.56 Å². The normalized spacial score (nSPS) is 19.6. The highest BCUT2D eigenvalue weighted by Crippen LogP contribution is 2.35. The van der Waals surface area contributed by atoms with Crippen LogP contribution in [0, 0.1) is 6.92 Å². The molecule has 0 radical (unpaired) electrons. The molecule has 0 aliphatic carbocycles. The van der Waals surface area contributed by atoms with Gasteiger partial charge in [-0.15, -0.1) is 0 Å². The van der Waals surface area contributed by atoms with Crippen molar-refractivity contribution in [1.82, 2.24) is 14.3 Å². The first-order valence-corrected chi connectivity index (χ1v) is 12.7. The van der Waals surface area contributed by atoms with Crippen LogP contribution < -0.4 is 4.90 Å². The molecule has 1 amide bonds. The van der Waals surface area contributed by atoms with Crippen molar-refractivity contribution in [1.29, 1.82) is 0 Å². The second kappa shape index (κ2) is 9.04. The van der Waals surface area contributed by atoms with Crippen LogP contribution in [0.2, 0.25) is 0 Å². The van der Waals surface area contributed by atoms with Gasteiger partial charge in [-0.3, -0.25) is 9.69 Å². The minimum atomic E-state index is -3.34. The Labute approximate surface area is 184 Å². The Bertz CT molecular complexity index is 1060. The summed E-state index contributed by atoms with van der Waals surface area (Å²) in [5.74, 6) is 1.30. The van der Waals surface area contributed by atoms with Crippen LogP contribution in [0.4, 0.5) is 5.82 Å². The Balaban J connectivity index is 1.59. The van der Waals surface area contributed by atoms with Crippen LogP contribution in [0.1, 0.15) is 61.3 Å². The van der Waals surface area contributed by atoms with Crippen LogP contribution in [-0.4, -0.2) is 47.4 Å². The summed E-state index contributed by atoms with van der Waals surface area (Å²) in [5.41, 5.74) is 2.89. The van der Waals surface area contributed by atoms with E-state index in [-0.39, 0.29) is 17.7 Å². The number of anilines is 1. The summed E-state index contributed by atoms with van der Waals surface area (Å²) in [5, 5.41) is 0. The predicted molar refractivity (Wildman–Crippen MR) is 120 cm³/mol. The summed E-state index contributed by atoms with van der Waals surface area (Å²) in [6.45, 7) is 4.66. The Morgan fingerprint density at radius 2 is 1.90 bits per heavy atom. The van der Waals surface area contributed by atoms with Crippen LogP contribution in [0.15, 0.2) is 30.3 Å². The molecule has 0 N–H and O–H groups in total. The van der Waals surface area contributed by atoms with E-state index in [2.05, 4.69) is 17.1 Å². The number of piperidine rings is 1. The van der Waals surface area contributed by atoms with Crippen LogP contribution in [0.25, 0.3) is 0 Å². The lowest BCUT2D eigenvalue weighted by Gasteiger charge is -2.33. The van der Waals surface area contributed by atoms with Gasteiger partial charge in [0.1, 0.15) is 11.6 Å². The highest BCUT2D eigenvalue weighted by atomic mass is 32.2. The molecule has 1 aromatic carbocycles. The average Bonchev–Trinajstić information content (AvgIpc) is 3.10. The number of carbonyl (C=O) groups excluding carboxylic acids is 1. The van der Waals surface area contributed by atoms with Gasteiger partial charge in [-0.1, -0.05) is 36.8 Å². The first-order valence-electron chi connectivity index (χ1n) is 11.1. The molecule has 1 saturated heterocycles. The van der Waals surface area contributed by atoms with Crippen LogP contribution in [0.5, 0.6) is 0 Å². The van der Waals surface area contributed by atoms with E-state index in [1.54, 1.807) is 16.1 Å². The molecular formula is C23H30N4O3S. The van der Waals surface area contributed by atoms with E-state index in [0.29, 0.717) is 37.6 Å². The zero-order valence-corrected chi connectivity index (χ0v) is 19.1. The molecule has 3 heterocycles. The first-order chi connectivity index (χ1) is 14.9. The van der Waals surface area contributed by atoms with Crippen molar-refractivity contribution in [2.75, 3.05) is 23.7 Å². The van der Waals surface area contributed by atoms with E-state index in [0.717, 1.165) is 36.9 Å². The third-order valence-corrected chi connectivity index (χ3v) is 8.14. The molecule has 2 aromatic rings. The maximum absolute atomic E-state index is 12.7. The molecule has 1 atom stereocenters. The van der Waals surface area contributed by atoms with E-state index in [1.807, 2.05) is 25.1 Å². The highest BCUT2D eigenvalue weighted by molar-refractivity contribution is 7.89. The summed E-state index contributed by atoms with van der Waals surface area (Å²) in [7, 11) is -3.34. The van der Waals surface area contributed by atoms with Gasteiger partial charge >= 0.3 is 0 Å². The molecule has 1 aromatic heterocycles. The average molecular weight is 443 g/mol. The van der Waals surface area contributed by atoms with Crippen molar-refractivity contribution < 1.29 is 13.2 Å². The van der Waals surface area contributed by atoms with Gasteiger partial charge < -0.3 is 0 Å². The number of hydrogen-bond donors (Lipinski definition) is 0. The summed E-state index contributed by atoms with van der Waals surface area (Å²) < 4.78 is 26.9. The van der Waals surface area contributed by atoms with E-state index in [4.69, 9.17) is 4.98 Å². The van der Waals surface area contributed by atoms with Gasteiger partial charge in [0.05, 0.1) is 18.2 Å². The van der Waals surface area contributed by atoms with Crippen molar-refractivity contribution in [3.05, 3.63) is 53.0 Å². The zero-order chi connectivity index (χ0) is 22.0. The SMILES string of the molecule is CCS(=O)(=O)N1CCCC[C@H]1c1nc(C)c2c(n1)N(CCCc1ccccc1)C(=O)C2. The quantitative estimate of drug-likeness (QED) is 0.658. The number of hydrogen-bond acceptors (Lipinski definition) is 5. The Kier molecular flexibility index (Phi) is 6.39. The number of nitrogens with zero attached hydrogens (tertiary/aromatic N) is 4. The van der Waals surface area contributed by atoms with Crippen molar-refractivity contribution in [2.24, 2.45) is 0 Å². The summed E-state index contributed by atoms with van der Waals surface area (Å²) in [6.07, 6.45) is 4.55. The molecular weight excluding hydrogens is 412 g/mol. The van der Waals surface area contributed by atoms with Crippen molar-refractivity contribution in [3.63, 3.8) is 0 Å². The van der Waals surface area contributed by atoms with Gasteiger partial charge in [0.15, 0.2) is 0 Å². The van der Waals surface area contributed by atoms with Crippen LogP contribution >= 0.6 is 0 Å². The number of aryl methyl sites for hydroxylation is 2. The third kappa shape index (κ3) is 4.50. The molecule has 8 heteroatoms. The highest BCUT2D eigenvalue weighted by Gasteiger charge is 2.37. The maximum atomic E-state index is 12.7. The van der Waals surface area contributed by atoms with E-state index >= 15 is 0 Å². The lowest BCUT2D eigenvalue weighted by atomic mass is 10.0. The summed E-state index contributed by atoms with van der Waals surface area (Å²) in [6, 6.07) is 9.87. The second-order valence-corrected chi connectivity index (χ2v) is 10.5. The fourth-order valence-electron chi connectivity index (χ4n) is 4.52. The molecule has 166 valence electrons. The zero-order valence-electron chi connectivity index (χ0n) is 18.2. The Hall–Kier alpha value is -2.32. The molecule has 0 bridgehead atoms. The minimum Gasteiger partial charge on any atom is -0.296 e. The molecule has 2 aliphatic heterocycles. The maximum Gasteiger partial charge on any atom is 0.232 e. The number of amides is 1. The van der Waals surface area contributed by atoms with Crippen LogP contribution in [-0.2, 0) is 27.7 Å². The molecule has 0 unspecified atom stereocenters. The van der Waals surface area contributed by atoms with Gasteiger partial charge in [0.2, 0.25) is 15.9 Å². The van der Waals surface area contributed by atoms with Crippen LogP contribution in [0.3, 0.4) is 0 Å². The number of carbonyl (C=O) groups is 1. The number of benzene rings is 1. The molecule has 0 saturated carbocycles. The number of sulfonamides is 1. The Morgan fingerprint density at radius 1 is 1.13 bits per heavy atom. The molecule has 7 nitrogen and oxygen atoms in total. The minimum absolute atomic E-state index is 0.0410. The smallest absolute Gasteiger partial charge is 0.232 e. The Morgan fingerprint density at radius 3 is 2.65 bits per heavy atom. The fraction of sp³-hybridized carbons (Fsp3) is 0.522. The van der Waals surface area contributed by atoms with E-state index in [9.17, 15) is 13.2 Å². The largest absolute Gasteiger partial charge is 0.296 e. The molecule has 4 rings (SSSR count). The topological polar surface area (TPSA) is 83.5 Å². The standard InChI is InChI=1S/C23H30N4O3S/c1-3-31(29,30)27-15-8-7-13-20(27)22-24-17(2)19-16-21(28)26(23(19)25-22)14-9-12-18-10-5-4-6-11-18/h4-6,10-11,20H,3,7-9,12-16H2,1-2H3/t20-/m0/s1. The van der Waals surface area contributed by atoms with Crippen molar-refractivity contribution in [3.8, 4) is 0 Å². The van der Waals surface area contributed by atoms with Gasteiger partial charge in [0, 0.05) is 24.3 Å². The van der Waals surface area contributed by atoms with Crippen molar-refractivity contribution >= 4 is 21.7 Å². The molecule has 2 aliphatic rings. The van der Waals surface area contributed by atoms with Gasteiger partial charge in [-0.05, 0) is 45.1 Å². The number of rotatable bonds is 7. The molecule has 1 fully saturated rings. The van der Waals surface area contributed by atoms with Gasteiger partial charge in [0.25, 0.3) is 0 Å².